The van der Waals surface area contributed by atoms with E-state index in [0.717, 1.165) is 6.42 Å². The van der Waals surface area contributed by atoms with E-state index in [2.05, 4.69) is 0 Å². The molecule has 102 valence electrons. The van der Waals surface area contributed by atoms with E-state index < -0.39 is 24.4 Å². The lowest BCUT2D eigenvalue weighted by molar-refractivity contribution is -0.158. The lowest BCUT2D eigenvalue weighted by Gasteiger charge is -2.51. The molecule has 2 unspecified atom stereocenters. The first-order valence-corrected chi connectivity index (χ1v) is 6.56. The van der Waals surface area contributed by atoms with Crippen LogP contribution in [0, 0.1) is 5.92 Å². The predicted molar refractivity (Wildman–Crippen MR) is 62.4 cm³/mol. The Morgan fingerprint density at radius 3 is 2.67 bits per heavy atom. The third-order valence-electron chi connectivity index (χ3n) is 4.74. The van der Waals surface area contributed by atoms with Gasteiger partial charge in [0.2, 0.25) is 5.91 Å². The van der Waals surface area contributed by atoms with Gasteiger partial charge in [-0.2, -0.15) is 0 Å². The number of amides is 1. The minimum Gasteiger partial charge on any atom is -0.391 e. The Balaban J connectivity index is 1.91. The zero-order chi connectivity index (χ0) is 13.0. The molecule has 3 heterocycles. The highest BCUT2D eigenvalue weighted by molar-refractivity contribution is 5.77. The Morgan fingerprint density at radius 1 is 1.22 bits per heavy atom. The molecule has 3 rings (SSSR count). The van der Waals surface area contributed by atoms with Gasteiger partial charge in [-0.1, -0.05) is 0 Å². The summed E-state index contributed by atoms with van der Waals surface area (Å²) in [7, 11) is 1.77. The van der Waals surface area contributed by atoms with Crippen LogP contribution in [0.3, 0.4) is 0 Å². The smallest absolute Gasteiger partial charge is 0.223 e. The van der Waals surface area contributed by atoms with E-state index in [1.54, 1.807) is 11.9 Å². The van der Waals surface area contributed by atoms with Crippen LogP contribution in [0.15, 0.2) is 0 Å². The van der Waals surface area contributed by atoms with Crippen molar-refractivity contribution in [3.8, 4) is 0 Å². The molecule has 3 aliphatic heterocycles. The first-order chi connectivity index (χ1) is 8.50. The van der Waals surface area contributed by atoms with Crippen LogP contribution in [-0.2, 0) is 4.79 Å². The van der Waals surface area contributed by atoms with Gasteiger partial charge in [0.15, 0.2) is 0 Å². The molecule has 1 amide bonds. The van der Waals surface area contributed by atoms with Gasteiger partial charge in [-0.25, -0.2) is 0 Å². The molecule has 0 spiro atoms. The second-order valence-corrected chi connectivity index (χ2v) is 5.77. The number of aliphatic hydroxyl groups is 3. The van der Waals surface area contributed by atoms with Crippen molar-refractivity contribution in [3.63, 3.8) is 0 Å². The van der Waals surface area contributed by atoms with Crippen molar-refractivity contribution < 1.29 is 20.1 Å². The van der Waals surface area contributed by atoms with Crippen molar-refractivity contribution in [2.24, 2.45) is 5.92 Å². The fourth-order valence-corrected chi connectivity index (χ4v) is 3.88. The number of rotatable bonds is 0. The Morgan fingerprint density at radius 2 is 1.94 bits per heavy atom. The summed E-state index contributed by atoms with van der Waals surface area (Å²) in [5.74, 6) is 0.332. The number of piperidine rings is 2. The van der Waals surface area contributed by atoms with Crippen LogP contribution in [0.25, 0.3) is 0 Å². The van der Waals surface area contributed by atoms with E-state index in [-0.39, 0.29) is 18.0 Å². The van der Waals surface area contributed by atoms with Gasteiger partial charge < -0.3 is 20.2 Å². The van der Waals surface area contributed by atoms with Crippen molar-refractivity contribution >= 4 is 5.91 Å². The summed E-state index contributed by atoms with van der Waals surface area (Å²) in [6.07, 6.45) is -0.590. The quantitative estimate of drug-likeness (QED) is 0.484. The van der Waals surface area contributed by atoms with E-state index in [9.17, 15) is 20.1 Å². The number of carbonyl (C=O) groups is 1. The number of hydrogen-bond donors (Lipinski definition) is 3. The highest BCUT2D eigenvalue weighted by Crippen LogP contribution is 2.40. The molecule has 3 fully saturated rings. The van der Waals surface area contributed by atoms with Crippen molar-refractivity contribution in [1.82, 2.24) is 9.80 Å². The van der Waals surface area contributed by atoms with Crippen LogP contribution < -0.4 is 0 Å². The molecular formula is C12H20N2O4. The third-order valence-corrected chi connectivity index (χ3v) is 4.74. The number of nitrogens with zero attached hydrogens (tertiary/aromatic N) is 2. The number of aliphatic hydroxyl groups excluding tert-OH is 3. The maximum atomic E-state index is 11.8. The molecule has 0 aromatic rings. The van der Waals surface area contributed by atoms with Gasteiger partial charge in [0.25, 0.3) is 0 Å². The molecule has 0 aliphatic carbocycles. The van der Waals surface area contributed by atoms with Crippen molar-refractivity contribution in [2.45, 2.75) is 49.8 Å². The molecular weight excluding hydrogens is 236 g/mol. The zero-order valence-corrected chi connectivity index (χ0v) is 10.4. The van der Waals surface area contributed by atoms with Gasteiger partial charge >= 0.3 is 0 Å². The van der Waals surface area contributed by atoms with Gasteiger partial charge in [-0.15, -0.1) is 0 Å². The molecule has 18 heavy (non-hydrogen) atoms. The second kappa shape index (κ2) is 4.16. The van der Waals surface area contributed by atoms with Crippen LogP contribution in [0.2, 0.25) is 0 Å². The Labute approximate surface area is 106 Å². The Hall–Kier alpha value is -0.690. The average Bonchev–Trinajstić information content (AvgIpc) is 2.61. The maximum Gasteiger partial charge on any atom is 0.223 e. The van der Waals surface area contributed by atoms with Crippen molar-refractivity contribution in [1.29, 1.82) is 0 Å². The first kappa shape index (κ1) is 12.3. The summed E-state index contributed by atoms with van der Waals surface area (Å²) in [6, 6.07) is -0.449. The second-order valence-electron chi connectivity index (χ2n) is 5.77. The molecule has 3 aliphatic rings. The van der Waals surface area contributed by atoms with Gasteiger partial charge in [0.1, 0.15) is 0 Å². The number of hydrogen-bond acceptors (Lipinski definition) is 5. The maximum absolute atomic E-state index is 11.8. The summed E-state index contributed by atoms with van der Waals surface area (Å²) in [4.78, 5) is 15.4. The molecule has 0 aromatic carbocycles. The van der Waals surface area contributed by atoms with E-state index in [1.807, 2.05) is 4.90 Å². The largest absolute Gasteiger partial charge is 0.391 e. The first-order valence-electron chi connectivity index (χ1n) is 6.56. The van der Waals surface area contributed by atoms with E-state index in [0.29, 0.717) is 19.4 Å². The average molecular weight is 256 g/mol. The zero-order valence-electron chi connectivity index (χ0n) is 10.4. The monoisotopic (exact) mass is 256 g/mol. The summed E-state index contributed by atoms with van der Waals surface area (Å²) >= 11 is 0. The number of fused-ring (bicyclic) bond motifs is 3. The summed E-state index contributed by atoms with van der Waals surface area (Å²) in [6.45, 7) is 0.321. The molecule has 0 bridgehead atoms. The topological polar surface area (TPSA) is 84.2 Å². The van der Waals surface area contributed by atoms with Gasteiger partial charge in [0.05, 0.1) is 30.5 Å². The number of carbonyl (C=O) groups excluding carboxylic acids is 1. The fraction of sp³-hybridized carbons (Fsp3) is 0.917. The van der Waals surface area contributed by atoms with Crippen LogP contribution in [0.4, 0.5) is 0 Å². The van der Waals surface area contributed by atoms with Crippen LogP contribution in [0.5, 0.6) is 0 Å². The summed E-state index contributed by atoms with van der Waals surface area (Å²) in [5.41, 5.74) is 0. The van der Waals surface area contributed by atoms with Crippen LogP contribution in [0.1, 0.15) is 19.3 Å². The molecule has 0 saturated carbocycles. The molecule has 3 N–H and O–H groups in total. The summed E-state index contributed by atoms with van der Waals surface area (Å²) in [5, 5.41) is 29.9. The SMILES string of the molecule is CN1C(=O)CCC2C[C@@H](O)[C@@H]3[C@H](O)[C@H](O)CN3C21. The van der Waals surface area contributed by atoms with E-state index in [1.165, 1.54) is 0 Å². The van der Waals surface area contributed by atoms with E-state index >= 15 is 0 Å². The Bertz CT molecular complexity index is 364. The molecule has 0 aromatic heterocycles. The normalized spacial score (nSPS) is 49.1. The molecule has 6 nitrogen and oxygen atoms in total. The molecule has 3 saturated heterocycles. The highest BCUT2D eigenvalue weighted by atomic mass is 16.3. The van der Waals surface area contributed by atoms with Gasteiger partial charge in [-0.05, 0) is 18.8 Å². The van der Waals surface area contributed by atoms with Crippen LogP contribution in [-0.4, -0.2) is 75.1 Å². The van der Waals surface area contributed by atoms with Crippen molar-refractivity contribution in [3.05, 3.63) is 0 Å². The lowest BCUT2D eigenvalue weighted by atomic mass is 9.81. The molecule has 6 atom stereocenters. The predicted octanol–water partition coefficient (Wildman–Crippen LogP) is -1.65. The highest BCUT2D eigenvalue weighted by Gasteiger charge is 2.54. The number of likely N-dealkylation sites (tertiary alicyclic amines) is 1. The van der Waals surface area contributed by atoms with Crippen LogP contribution >= 0.6 is 0 Å². The third kappa shape index (κ3) is 1.60. The molecule has 6 heteroatoms. The lowest BCUT2D eigenvalue weighted by Crippen LogP contribution is -2.64. The minimum atomic E-state index is -0.925. The summed E-state index contributed by atoms with van der Waals surface area (Å²) < 4.78 is 0. The fourth-order valence-electron chi connectivity index (χ4n) is 3.88. The standard InChI is InChI=1S/C12H20N2O4/c1-13-9(17)3-2-6-4-7(15)10-11(18)8(16)5-14(10)12(6)13/h6-8,10-12,15-16,18H,2-5H2,1H3/t6?,7-,8-,10-,11-,12?/m1/s1. The Kier molecular flexibility index (Phi) is 2.85. The minimum absolute atomic E-state index is 0.0913. The van der Waals surface area contributed by atoms with E-state index in [4.69, 9.17) is 0 Å². The van der Waals surface area contributed by atoms with Gasteiger partial charge in [0, 0.05) is 20.0 Å². The van der Waals surface area contributed by atoms with Gasteiger partial charge in [-0.3, -0.25) is 9.69 Å². The van der Waals surface area contributed by atoms with Crippen molar-refractivity contribution in [2.75, 3.05) is 13.6 Å². The molecule has 0 radical (unpaired) electrons.